The molecule has 1 saturated heterocycles. The fraction of sp³-hybridized carbons (Fsp3) is 0.417. The van der Waals surface area contributed by atoms with Crippen LogP contribution in [0.5, 0.6) is 0 Å². The number of rotatable bonds is 2. The molecule has 0 bridgehead atoms. The molecule has 0 aliphatic carbocycles. The maximum Gasteiger partial charge on any atom is 0.248 e. The topological polar surface area (TPSA) is 41.6 Å². The molecule has 0 spiro atoms. The van der Waals surface area contributed by atoms with Crippen molar-refractivity contribution in [2.24, 2.45) is 5.41 Å². The lowest BCUT2D eigenvalue weighted by atomic mass is 9.91. The van der Waals surface area contributed by atoms with Gasteiger partial charge in [0.2, 0.25) is 5.91 Å². The number of amides is 1. The highest BCUT2D eigenvalue weighted by molar-refractivity contribution is 5.87. The Balaban J connectivity index is 2.34. The van der Waals surface area contributed by atoms with Crippen molar-refractivity contribution < 1.29 is 9.53 Å². The van der Waals surface area contributed by atoms with E-state index in [2.05, 4.69) is 5.43 Å². The van der Waals surface area contributed by atoms with Gasteiger partial charge in [-0.3, -0.25) is 15.2 Å². The van der Waals surface area contributed by atoms with Crippen LogP contribution in [0.2, 0.25) is 0 Å². The zero-order chi connectivity index (χ0) is 11.8. The van der Waals surface area contributed by atoms with E-state index in [9.17, 15) is 4.79 Å². The van der Waals surface area contributed by atoms with Crippen LogP contribution in [0.4, 0.5) is 5.69 Å². The van der Waals surface area contributed by atoms with Crippen molar-refractivity contribution in [3.05, 3.63) is 30.3 Å². The normalized spacial score (nSPS) is 23.3. The summed E-state index contributed by atoms with van der Waals surface area (Å²) < 4.78 is 5.41. The largest absolute Gasteiger partial charge is 0.359 e. The number of nitrogens with zero attached hydrogens (tertiary/aromatic N) is 1. The molecule has 1 atom stereocenters. The van der Waals surface area contributed by atoms with Crippen molar-refractivity contribution in [3.8, 4) is 0 Å². The Bertz CT molecular complexity index is 389. The second-order valence-electron chi connectivity index (χ2n) is 4.46. The van der Waals surface area contributed by atoms with Crippen molar-refractivity contribution in [1.29, 1.82) is 0 Å². The van der Waals surface area contributed by atoms with Gasteiger partial charge in [-0.25, -0.2) is 0 Å². The molecule has 16 heavy (non-hydrogen) atoms. The third kappa shape index (κ3) is 1.55. The molecule has 1 amide bonds. The molecular formula is C12H16N2O2. The number of nitrogens with one attached hydrogen (secondary N) is 1. The fourth-order valence-electron chi connectivity index (χ4n) is 1.94. The van der Waals surface area contributed by atoms with Gasteiger partial charge in [0, 0.05) is 7.11 Å². The van der Waals surface area contributed by atoms with Crippen molar-refractivity contribution >= 4 is 11.6 Å². The highest BCUT2D eigenvalue weighted by Gasteiger charge is 2.48. The molecule has 0 saturated carbocycles. The van der Waals surface area contributed by atoms with E-state index < -0.39 is 5.41 Å². The maximum atomic E-state index is 11.8. The summed E-state index contributed by atoms with van der Waals surface area (Å²) in [5.74, 6) is -0.0248. The molecule has 0 aromatic heterocycles. The standard InChI is InChI=1S/C12H16N2O2/c1-12(2)10(15)13-14(11(12)16-3)9-7-5-4-6-8-9/h4-8,11H,1-3H3,(H,13,15)/t11-/m0/s1. The number of carbonyl (C=O) groups is 1. The van der Waals surface area contributed by atoms with Crippen LogP contribution in [-0.4, -0.2) is 19.2 Å². The summed E-state index contributed by atoms with van der Waals surface area (Å²) in [5, 5.41) is 1.77. The van der Waals surface area contributed by atoms with Gasteiger partial charge < -0.3 is 4.74 Å². The number of anilines is 1. The molecule has 0 radical (unpaired) electrons. The average Bonchev–Trinajstić information content (AvgIpc) is 2.51. The number of benzene rings is 1. The number of ether oxygens (including phenoxy) is 1. The quantitative estimate of drug-likeness (QED) is 0.822. The summed E-state index contributed by atoms with van der Waals surface area (Å²) in [7, 11) is 1.61. The maximum absolute atomic E-state index is 11.8. The third-order valence-corrected chi connectivity index (χ3v) is 2.92. The first kappa shape index (κ1) is 11.0. The Morgan fingerprint density at radius 3 is 2.50 bits per heavy atom. The summed E-state index contributed by atoms with van der Waals surface area (Å²) in [5.41, 5.74) is 3.20. The minimum absolute atomic E-state index is 0.0248. The lowest BCUT2D eigenvalue weighted by Gasteiger charge is -2.29. The Morgan fingerprint density at radius 1 is 1.31 bits per heavy atom. The first-order chi connectivity index (χ1) is 7.57. The van der Waals surface area contributed by atoms with Crippen molar-refractivity contribution in [2.45, 2.75) is 20.1 Å². The van der Waals surface area contributed by atoms with E-state index in [1.54, 1.807) is 12.1 Å². The molecule has 4 nitrogen and oxygen atoms in total. The van der Waals surface area contributed by atoms with Gasteiger partial charge in [0.05, 0.1) is 11.1 Å². The lowest BCUT2D eigenvalue weighted by molar-refractivity contribution is -0.129. The summed E-state index contributed by atoms with van der Waals surface area (Å²) in [4.78, 5) is 11.8. The minimum atomic E-state index is -0.551. The second kappa shape index (κ2) is 3.79. The van der Waals surface area contributed by atoms with E-state index in [0.29, 0.717) is 0 Å². The second-order valence-corrected chi connectivity index (χ2v) is 4.46. The van der Waals surface area contributed by atoms with Gasteiger partial charge in [-0.05, 0) is 26.0 Å². The number of hydrazine groups is 1. The number of hydrogen-bond acceptors (Lipinski definition) is 3. The number of carbonyl (C=O) groups excluding carboxylic acids is 1. The molecule has 2 rings (SSSR count). The van der Waals surface area contributed by atoms with Gasteiger partial charge in [0.15, 0.2) is 6.23 Å². The van der Waals surface area contributed by atoms with Crippen LogP contribution in [0.3, 0.4) is 0 Å². The summed E-state index contributed by atoms with van der Waals surface area (Å²) in [6.07, 6.45) is -0.289. The molecule has 1 N–H and O–H groups in total. The Kier molecular flexibility index (Phi) is 2.59. The molecule has 86 valence electrons. The highest BCUT2D eigenvalue weighted by atomic mass is 16.5. The van der Waals surface area contributed by atoms with E-state index in [-0.39, 0.29) is 12.1 Å². The number of para-hydroxylation sites is 1. The van der Waals surface area contributed by atoms with Gasteiger partial charge in [0.1, 0.15) is 0 Å². The first-order valence-corrected chi connectivity index (χ1v) is 5.25. The summed E-state index contributed by atoms with van der Waals surface area (Å²) in [6.45, 7) is 3.75. The minimum Gasteiger partial charge on any atom is -0.359 e. The van der Waals surface area contributed by atoms with Crippen LogP contribution in [0, 0.1) is 5.41 Å². The highest BCUT2D eigenvalue weighted by Crippen LogP contribution is 2.33. The lowest BCUT2D eigenvalue weighted by Crippen LogP contribution is -2.41. The molecule has 4 heteroatoms. The van der Waals surface area contributed by atoms with Gasteiger partial charge >= 0.3 is 0 Å². The first-order valence-electron chi connectivity index (χ1n) is 5.25. The zero-order valence-corrected chi connectivity index (χ0v) is 9.73. The Labute approximate surface area is 95.2 Å². The van der Waals surface area contributed by atoms with Crippen LogP contribution in [-0.2, 0) is 9.53 Å². The van der Waals surface area contributed by atoms with Gasteiger partial charge in [-0.1, -0.05) is 18.2 Å². The van der Waals surface area contributed by atoms with E-state index in [1.165, 1.54) is 0 Å². The van der Waals surface area contributed by atoms with E-state index in [4.69, 9.17) is 4.74 Å². The van der Waals surface area contributed by atoms with E-state index in [1.807, 2.05) is 44.2 Å². The predicted molar refractivity (Wildman–Crippen MR) is 61.6 cm³/mol. The molecule has 1 aromatic rings. The molecule has 0 unspecified atom stereocenters. The van der Waals surface area contributed by atoms with Crippen LogP contribution in [0.1, 0.15) is 13.8 Å². The van der Waals surface area contributed by atoms with Crippen LogP contribution >= 0.6 is 0 Å². The molecular weight excluding hydrogens is 204 g/mol. The molecule has 1 aliphatic rings. The van der Waals surface area contributed by atoms with Gasteiger partial charge in [-0.15, -0.1) is 0 Å². The van der Waals surface area contributed by atoms with Crippen LogP contribution in [0.25, 0.3) is 0 Å². The monoisotopic (exact) mass is 220 g/mol. The van der Waals surface area contributed by atoms with Gasteiger partial charge in [0.25, 0.3) is 0 Å². The number of methoxy groups -OCH3 is 1. The number of hydrogen-bond donors (Lipinski definition) is 1. The summed E-state index contributed by atoms with van der Waals surface area (Å²) >= 11 is 0. The molecule has 1 heterocycles. The molecule has 1 aromatic carbocycles. The zero-order valence-electron chi connectivity index (χ0n) is 9.73. The third-order valence-electron chi connectivity index (χ3n) is 2.92. The van der Waals surface area contributed by atoms with Crippen LogP contribution < -0.4 is 10.4 Å². The van der Waals surface area contributed by atoms with Crippen molar-refractivity contribution in [3.63, 3.8) is 0 Å². The average molecular weight is 220 g/mol. The van der Waals surface area contributed by atoms with Crippen molar-refractivity contribution in [2.75, 3.05) is 12.1 Å². The predicted octanol–water partition coefficient (Wildman–Crippen LogP) is 1.54. The van der Waals surface area contributed by atoms with Crippen LogP contribution in [0.15, 0.2) is 30.3 Å². The molecule has 1 fully saturated rings. The Morgan fingerprint density at radius 2 is 1.94 bits per heavy atom. The van der Waals surface area contributed by atoms with E-state index in [0.717, 1.165) is 5.69 Å². The fourth-order valence-corrected chi connectivity index (χ4v) is 1.94. The summed E-state index contributed by atoms with van der Waals surface area (Å²) in [6, 6.07) is 9.68. The SMILES string of the molecule is CO[C@@H]1N(c2ccccc2)NC(=O)C1(C)C. The van der Waals surface area contributed by atoms with E-state index >= 15 is 0 Å². The smallest absolute Gasteiger partial charge is 0.248 e. The van der Waals surface area contributed by atoms with Gasteiger partial charge in [-0.2, -0.15) is 0 Å². The van der Waals surface area contributed by atoms with Crippen molar-refractivity contribution in [1.82, 2.24) is 5.43 Å². The molecule has 1 aliphatic heterocycles. The Hall–Kier alpha value is -1.55.